The average molecular weight is 403 g/mol. The number of carbonyl (C=O) groups excluding carboxylic acids is 1. The fourth-order valence-electron chi connectivity index (χ4n) is 3.24. The van der Waals surface area contributed by atoms with Gasteiger partial charge in [-0.15, -0.1) is 0 Å². The summed E-state index contributed by atoms with van der Waals surface area (Å²) < 4.78 is 19.3. The van der Waals surface area contributed by atoms with Crippen LogP contribution in [0, 0.1) is 5.82 Å². The molecule has 0 saturated carbocycles. The first kappa shape index (κ1) is 17.6. The van der Waals surface area contributed by atoms with Gasteiger partial charge in [-0.3, -0.25) is 4.79 Å². The van der Waals surface area contributed by atoms with Crippen molar-refractivity contribution < 1.29 is 13.7 Å². The van der Waals surface area contributed by atoms with E-state index in [2.05, 4.69) is 10.1 Å². The molecule has 0 saturated heterocycles. The number of amides is 1. The summed E-state index contributed by atoms with van der Waals surface area (Å²) in [7, 11) is 1.76. The summed E-state index contributed by atoms with van der Waals surface area (Å²) in [6.45, 7) is 0. The number of rotatable bonds is 2. The van der Waals surface area contributed by atoms with E-state index < -0.39 is 5.82 Å². The molecule has 0 aliphatic carbocycles. The van der Waals surface area contributed by atoms with Gasteiger partial charge in [-0.05, 0) is 42.5 Å². The predicted octanol–water partition coefficient (Wildman–Crippen LogP) is 5.28. The SMILES string of the molecule is CN1C(=O)c2ccccc2Sc2cc(-c3noc(-c4ccccc4F)n3)ccc21. The van der Waals surface area contributed by atoms with Crippen LogP contribution in [0.15, 0.2) is 81.0 Å². The Hall–Kier alpha value is -3.45. The number of aromatic nitrogens is 2. The Balaban J connectivity index is 1.57. The van der Waals surface area contributed by atoms with Crippen molar-refractivity contribution in [1.29, 1.82) is 0 Å². The minimum Gasteiger partial charge on any atom is -0.334 e. The first-order chi connectivity index (χ1) is 14.1. The maximum Gasteiger partial charge on any atom is 0.261 e. The lowest BCUT2D eigenvalue weighted by Crippen LogP contribution is -2.25. The minimum absolute atomic E-state index is 0.0546. The lowest BCUT2D eigenvalue weighted by Gasteiger charge is -2.17. The van der Waals surface area contributed by atoms with Crippen LogP contribution >= 0.6 is 11.8 Å². The largest absolute Gasteiger partial charge is 0.334 e. The smallest absolute Gasteiger partial charge is 0.261 e. The Bertz CT molecular complexity index is 1250. The minimum atomic E-state index is -0.420. The molecule has 0 unspecified atom stereocenters. The van der Waals surface area contributed by atoms with Crippen molar-refractivity contribution in [3.8, 4) is 22.8 Å². The van der Waals surface area contributed by atoms with Crippen LogP contribution in [-0.4, -0.2) is 23.1 Å². The third-order valence-electron chi connectivity index (χ3n) is 4.75. The van der Waals surface area contributed by atoms with Crippen molar-refractivity contribution in [3.63, 3.8) is 0 Å². The average Bonchev–Trinajstić information content (AvgIpc) is 3.20. The molecule has 2 heterocycles. The lowest BCUT2D eigenvalue weighted by atomic mass is 10.1. The molecule has 5 nitrogen and oxygen atoms in total. The molecule has 1 aliphatic rings. The van der Waals surface area contributed by atoms with Crippen LogP contribution in [0.5, 0.6) is 0 Å². The van der Waals surface area contributed by atoms with E-state index in [0.29, 0.717) is 11.4 Å². The summed E-state index contributed by atoms with van der Waals surface area (Å²) in [5.74, 6) is 0.00873. The molecule has 1 amide bonds. The Morgan fingerprint density at radius 1 is 0.966 bits per heavy atom. The molecule has 0 atom stereocenters. The van der Waals surface area contributed by atoms with E-state index >= 15 is 0 Å². The molecule has 0 radical (unpaired) electrons. The van der Waals surface area contributed by atoms with Gasteiger partial charge in [0, 0.05) is 22.4 Å². The number of fused-ring (bicyclic) bond motifs is 2. The molecular weight excluding hydrogens is 389 g/mol. The van der Waals surface area contributed by atoms with E-state index in [-0.39, 0.29) is 17.4 Å². The summed E-state index contributed by atoms with van der Waals surface area (Å²) in [5.41, 5.74) is 2.45. The zero-order valence-electron chi connectivity index (χ0n) is 15.3. The number of nitrogens with zero attached hydrogens (tertiary/aromatic N) is 3. The number of benzene rings is 3. The van der Waals surface area contributed by atoms with Gasteiger partial charge in [0.1, 0.15) is 5.82 Å². The summed E-state index contributed by atoms with van der Waals surface area (Å²) in [5, 5.41) is 4.01. The van der Waals surface area contributed by atoms with Crippen LogP contribution in [0.1, 0.15) is 10.4 Å². The van der Waals surface area contributed by atoms with E-state index in [9.17, 15) is 9.18 Å². The van der Waals surface area contributed by atoms with Gasteiger partial charge in [0.05, 0.1) is 16.8 Å². The monoisotopic (exact) mass is 403 g/mol. The third-order valence-corrected chi connectivity index (χ3v) is 5.87. The Morgan fingerprint density at radius 3 is 2.55 bits per heavy atom. The van der Waals surface area contributed by atoms with Crippen molar-refractivity contribution in [3.05, 3.63) is 78.1 Å². The van der Waals surface area contributed by atoms with Crippen LogP contribution < -0.4 is 4.90 Å². The Morgan fingerprint density at radius 2 is 1.72 bits per heavy atom. The maximum atomic E-state index is 14.0. The molecule has 1 aliphatic heterocycles. The van der Waals surface area contributed by atoms with Gasteiger partial charge in [-0.2, -0.15) is 4.98 Å². The van der Waals surface area contributed by atoms with Crippen LogP contribution in [0.4, 0.5) is 10.1 Å². The van der Waals surface area contributed by atoms with Crippen molar-refractivity contribution in [2.75, 3.05) is 11.9 Å². The number of anilines is 1. The third kappa shape index (κ3) is 3.00. The van der Waals surface area contributed by atoms with Crippen LogP contribution in [0.2, 0.25) is 0 Å². The molecule has 5 rings (SSSR count). The second kappa shape index (κ2) is 6.86. The Labute approximate surface area is 170 Å². The van der Waals surface area contributed by atoms with Gasteiger partial charge in [-0.25, -0.2) is 4.39 Å². The van der Waals surface area contributed by atoms with Crippen molar-refractivity contribution in [2.45, 2.75) is 9.79 Å². The van der Waals surface area contributed by atoms with Crippen LogP contribution in [0.3, 0.4) is 0 Å². The molecular formula is C22H14FN3O2S. The van der Waals surface area contributed by atoms with E-state index in [1.54, 1.807) is 30.1 Å². The normalized spacial score (nSPS) is 13.0. The van der Waals surface area contributed by atoms with Gasteiger partial charge >= 0.3 is 0 Å². The molecule has 29 heavy (non-hydrogen) atoms. The van der Waals surface area contributed by atoms with Crippen LogP contribution in [-0.2, 0) is 0 Å². The number of carbonyl (C=O) groups is 1. The highest BCUT2D eigenvalue weighted by Gasteiger charge is 2.25. The lowest BCUT2D eigenvalue weighted by molar-refractivity contribution is 0.0990. The van der Waals surface area contributed by atoms with Gasteiger partial charge < -0.3 is 9.42 Å². The molecule has 0 bridgehead atoms. The van der Waals surface area contributed by atoms with Crippen molar-refractivity contribution in [1.82, 2.24) is 10.1 Å². The highest BCUT2D eigenvalue weighted by atomic mass is 32.2. The quantitative estimate of drug-likeness (QED) is 0.455. The first-order valence-corrected chi connectivity index (χ1v) is 9.71. The number of hydrogen-bond donors (Lipinski definition) is 0. The van der Waals surface area contributed by atoms with E-state index in [0.717, 1.165) is 21.0 Å². The second-order valence-corrected chi connectivity index (χ2v) is 7.63. The molecule has 142 valence electrons. The van der Waals surface area contributed by atoms with E-state index in [1.807, 2.05) is 42.5 Å². The van der Waals surface area contributed by atoms with Gasteiger partial charge in [0.15, 0.2) is 0 Å². The van der Waals surface area contributed by atoms with Crippen molar-refractivity contribution >= 4 is 23.4 Å². The highest BCUT2D eigenvalue weighted by Crippen LogP contribution is 2.42. The molecule has 0 N–H and O–H groups in total. The van der Waals surface area contributed by atoms with Crippen LogP contribution in [0.25, 0.3) is 22.8 Å². The first-order valence-electron chi connectivity index (χ1n) is 8.90. The zero-order chi connectivity index (χ0) is 20.0. The Kier molecular flexibility index (Phi) is 4.17. The second-order valence-electron chi connectivity index (χ2n) is 6.55. The topological polar surface area (TPSA) is 59.2 Å². The molecule has 7 heteroatoms. The summed E-state index contributed by atoms with van der Waals surface area (Å²) in [6.07, 6.45) is 0. The van der Waals surface area contributed by atoms with E-state index in [1.165, 1.54) is 17.8 Å². The molecule has 0 spiro atoms. The van der Waals surface area contributed by atoms with Gasteiger partial charge in [-0.1, -0.05) is 41.2 Å². The van der Waals surface area contributed by atoms with Crippen molar-refractivity contribution in [2.24, 2.45) is 0 Å². The summed E-state index contributed by atoms with van der Waals surface area (Å²) >= 11 is 1.52. The molecule has 0 fully saturated rings. The summed E-state index contributed by atoms with van der Waals surface area (Å²) in [6, 6.07) is 19.4. The predicted molar refractivity (Wildman–Crippen MR) is 108 cm³/mol. The fourth-order valence-corrected chi connectivity index (χ4v) is 4.38. The number of halogens is 1. The van der Waals surface area contributed by atoms with Gasteiger partial charge in [0.25, 0.3) is 11.8 Å². The summed E-state index contributed by atoms with van der Waals surface area (Å²) in [4.78, 5) is 20.6. The standard InChI is InChI=1S/C22H14FN3O2S/c1-26-17-11-10-13(12-19(17)29-18-9-5-3-7-15(18)22(26)27)20-24-21(28-25-20)14-6-2-4-8-16(14)23/h2-12H,1H3. The molecule has 1 aromatic heterocycles. The highest BCUT2D eigenvalue weighted by molar-refractivity contribution is 7.99. The van der Waals surface area contributed by atoms with Gasteiger partial charge in [0.2, 0.25) is 5.82 Å². The fraction of sp³-hybridized carbons (Fsp3) is 0.0455. The zero-order valence-corrected chi connectivity index (χ0v) is 16.1. The maximum absolute atomic E-state index is 14.0. The molecule has 4 aromatic rings. The molecule has 3 aromatic carbocycles. The number of hydrogen-bond acceptors (Lipinski definition) is 5. The van der Waals surface area contributed by atoms with E-state index in [4.69, 9.17) is 4.52 Å².